The molecular formula is C19H22Cl4N2. The fourth-order valence-electron chi connectivity index (χ4n) is 2.35. The van der Waals surface area contributed by atoms with Gasteiger partial charge >= 0.3 is 0 Å². The van der Waals surface area contributed by atoms with Gasteiger partial charge in [-0.05, 0) is 48.7 Å². The normalized spacial score (nSPS) is 10.7. The molecule has 0 bridgehead atoms. The lowest BCUT2D eigenvalue weighted by Gasteiger charge is -2.24. The third-order valence-electron chi connectivity index (χ3n) is 3.55. The Bertz CT molecular complexity index is 636. The SMILES string of the molecule is Cl.ClCCCN(CCCCl)c1ccc(C=Nc2cccc(Cl)c2)cc1. The maximum atomic E-state index is 5.97. The minimum Gasteiger partial charge on any atom is -0.371 e. The van der Waals surface area contributed by atoms with Crippen LogP contribution in [0.15, 0.2) is 53.5 Å². The highest BCUT2D eigenvalue weighted by Crippen LogP contribution is 2.19. The summed E-state index contributed by atoms with van der Waals surface area (Å²) >= 11 is 17.6. The first-order valence-corrected chi connectivity index (χ1v) is 9.44. The first kappa shape index (κ1) is 22.1. The molecule has 0 aromatic heterocycles. The molecule has 2 nitrogen and oxygen atoms in total. The van der Waals surface area contributed by atoms with Gasteiger partial charge < -0.3 is 4.90 Å². The number of alkyl halides is 2. The predicted octanol–water partition coefficient (Wildman–Crippen LogP) is 6.58. The lowest BCUT2D eigenvalue weighted by molar-refractivity contribution is 0.749. The Labute approximate surface area is 171 Å². The topological polar surface area (TPSA) is 15.6 Å². The number of rotatable bonds is 9. The molecular weight excluding hydrogens is 398 g/mol. The van der Waals surface area contributed by atoms with E-state index < -0.39 is 0 Å². The molecule has 0 N–H and O–H groups in total. The summed E-state index contributed by atoms with van der Waals surface area (Å²) in [7, 11) is 0. The molecule has 0 unspecified atom stereocenters. The Morgan fingerprint density at radius 1 is 0.920 bits per heavy atom. The van der Waals surface area contributed by atoms with Gasteiger partial charge in [0.1, 0.15) is 0 Å². The third-order valence-corrected chi connectivity index (χ3v) is 4.32. The van der Waals surface area contributed by atoms with Crippen LogP contribution in [0.25, 0.3) is 0 Å². The highest BCUT2D eigenvalue weighted by atomic mass is 35.5. The molecule has 6 heteroatoms. The molecule has 2 aromatic rings. The van der Waals surface area contributed by atoms with Crippen molar-refractivity contribution in [3.8, 4) is 0 Å². The van der Waals surface area contributed by atoms with Crippen LogP contribution in [0.5, 0.6) is 0 Å². The van der Waals surface area contributed by atoms with Gasteiger partial charge in [-0.2, -0.15) is 0 Å². The van der Waals surface area contributed by atoms with E-state index in [1.165, 1.54) is 5.69 Å². The van der Waals surface area contributed by atoms with E-state index in [0.29, 0.717) is 16.8 Å². The summed E-state index contributed by atoms with van der Waals surface area (Å²) in [6.45, 7) is 1.88. The zero-order valence-electron chi connectivity index (χ0n) is 13.9. The van der Waals surface area contributed by atoms with Crippen molar-refractivity contribution in [1.29, 1.82) is 0 Å². The third kappa shape index (κ3) is 7.87. The van der Waals surface area contributed by atoms with E-state index in [1.807, 2.05) is 30.5 Å². The lowest BCUT2D eigenvalue weighted by atomic mass is 10.2. The van der Waals surface area contributed by atoms with Crippen molar-refractivity contribution in [2.45, 2.75) is 12.8 Å². The molecule has 0 aliphatic rings. The van der Waals surface area contributed by atoms with Crippen molar-refractivity contribution in [3.63, 3.8) is 0 Å². The molecule has 0 saturated heterocycles. The van der Waals surface area contributed by atoms with E-state index >= 15 is 0 Å². The Morgan fingerprint density at radius 3 is 2.12 bits per heavy atom. The van der Waals surface area contributed by atoms with E-state index in [1.54, 1.807) is 0 Å². The highest BCUT2D eigenvalue weighted by molar-refractivity contribution is 6.30. The Morgan fingerprint density at radius 2 is 1.56 bits per heavy atom. The van der Waals surface area contributed by atoms with Gasteiger partial charge in [0, 0.05) is 41.8 Å². The fourth-order valence-corrected chi connectivity index (χ4v) is 2.77. The van der Waals surface area contributed by atoms with Gasteiger partial charge in [0.2, 0.25) is 0 Å². The molecule has 25 heavy (non-hydrogen) atoms. The van der Waals surface area contributed by atoms with E-state index in [2.05, 4.69) is 34.2 Å². The number of hydrogen-bond acceptors (Lipinski definition) is 2. The van der Waals surface area contributed by atoms with Crippen LogP contribution >= 0.6 is 47.2 Å². The number of hydrogen-bond donors (Lipinski definition) is 0. The van der Waals surface area contributed by atoms with Gasteiger partial charge in [-0.15, -0.1) is 35.6 Å². The zero-order valence-corrected chi connectivity index (χ0v) is 17.0. The van der Waals surface area contributed by atoms with E-state index in [-0.39, 0.29) is 12.4 Å². The zero-order chi connectivity index (χ0) is 17.2. The van der Waals surface area contributed by atoms with Crippen LogP contribution < -0.4 is 4.90 Å². The molecule has 2 aromatic carbocycles. The molecule has 0 spiro atoms. The smallest absolute Gasteiger partial charge is 0.0644 e. The van der Waals surface area contributed by atoms with Gasteiger partial charge in [0.25, 0.3) is 0 Å². The molecule has 0 atom stereocenters. The van der Waals surface area contributed by atoms with E-state index in [4.69, 9.17) is 34.8 Å². The fraction of sp³-hybridized carbons (Fsp3) is 0.316. The monoisotopic (exact) mass is 418 g/mol. The molecule has 0 fully saturated rings. The van der Waals surface area contributed by atoms with Gasteiger partial charge in [0.05, 0.1) is 5.69 Å². The predicted molar refractivity (Wildman–Crippen MR) is 115 cm³/mol. The molecule has 0 aliphatic heterocycles. The summed E-state index contributed by atoms with van der Waals surface area (Å²) in [5.74, 6) is 1.34. The second-order valence-electron chi connectivity index (χ2n) is 5.40. The number of nitrogens with zero attached hydrogens (tertiary/aromatic N) is 2. The van der Waals surface area contributed by atoms with Crippen LogP contribution in [-0.4, -0.2) is 31.1 Å². The van der Waals surface area contributed by atoms with Crippen molar-refractivity contribution in [3.05, 3.63) is 59.1 Å². The minimum absolute atomic E-state index is 0. The highest BCUT2D eigenvalue weighted by Gasteiger charge is 2.05. The quantitative estimate of drug-likeness (QED) is 0.331. The maximum absolute atomic E-state index is 5.97. The van der Waals surface area contributed by atoms with Gasteiger partial charge in [-0.3, -0.25) is 4.99 Å². The molecule has 2 rings (SSSR count). The standard InChI is InChI=1S/C19H21Cl3N2.ClH/c20-10-2-12-24(13-3-11-21)19-8-6-16(7-9-19)15-23-18-5-1-4-17(22)14-18;/h1,4-9,14-15H,2-3,10-13H2;1H. The number of benzene rings is 2. The largest absolute Gasteiger partial charge is 0.371 e. The Hall–Kier alpha value is -0.930. The Balaban J connectivity index is 0.00000312. The van der Waals surface area contributed by atoms with Crippen LogP contribution in [0.1, 0.15) is 18.4 Å². The van der Waals surface area contributed by atoms with E-state index in [9.17, 15) is 0 Å². The average Bonchev–Trinajstić information content (AvgIpc) is 2.61. The first-order valence-electron chi connectivity index (χ1n) is 7.99. The maximum Gasteiger partial charge on any atom is 0.0644 e. The van der Waals surface area contributed by atoms with Crippen LogP contribution in [0.4, 0.5) is 11.4 Å². The van der Waals surface area contributed by atoms with Crippen LogP contribution in [0.2, 0.25) is 5.02 Å². The average molecular weight is 420 g/mol. The van der Waals surface area contributed by atoms with Crippen molar-refractivity contribution in [1.82, 2.24) is 0 Å². The number of halogens is 4. The minimum atomic E-state index is 0. The summed E-state index contributed by atoms with van der Waals surface area (Å²) < 4.78 is 0. The second kappa shape index (κ2) is 12.4. The molecule has 0 aliphatic carbocycles. The second-order valence-corrected chi connectivity index (χ2v) is 6.59. The van der Waals surface area contributed by atoms with Crippen molar-refractivity contribution < 1.29 is 0 Å². The van der Waals surface area contributed by atoms with Gasteiger partial charge in [0.15, 0.2) is 0 Å². The first-order chi connectivity index (χ1) is 11.7. The van der Waals surface area contributed by atoms with Crippen molar-refractivity contribution in [2.24, 2.45) is 4.99 Å². The molecule has 0 radical (unpaired) electrons. The number of anilines is 1. The summed E-state index contributed by atoms with van der Waals surface area (Å²) in [5, 5.41) is 0.689. The van der Waals surface area contributed by atoms with Crippen LogP contribution in [-0.2, 0) is 0 Å². The van der Waals surface area contributed by atoms with E-state index in [0.717, 1.165) is 37.2 Å². The summed E-state index contributed by atoms with van der Waals surface area (Å²) in [4.78, 5) is 6.78. The number of aliphatic imine (C=N–C) groups is 1. The molecule has 0 amide bonds. The summed E-state index contributed by atoms with van der Waals surface area (Å²) in [5.41, 5.74) is 3.08. The van der Waals surface area contributed by atoms with Gasteiger partial charge in [-0.1, -0.05) is 29.8 Å². The van der Waals surface area contributed by atoms with Crippen LogP contribution in [0, 0.1) is 0 Å². The Kier molecular flexibility index (Phi) is 11.0. The van der Waals surface area contributed by atoms with Crippen molar-refractivity contribution in [2.75, 3.05) is 29.7 Å². The van der Waals surface area contributed by atoms with Crippen LogP contribution in [0.3, 0.4) is 0 Å². The summed E-state index contributed by atoms with van der Waals surface area (Å²) in [6, 6.07) is 15.9. The molecule has 0 saturated carbocycles. The summed E-state index contributed by atoms with van der Waals surface area (Å²) in [6.07, 6.45) is 3.76. The van der Waals surface area contributed by atoms with Crippen molar-refractivity contribution >= 4 is 64.8 Å². The molecule has 136 valence electrons. The van der Waals surface area contributed by atoms with Gasteiger partial charge in [-0.25, -0.2) is 0 Å². The molecule has 0 heterocycles. The lowest BCUT2D eigenvalue weighted by Crippen LogP contribution is -2.26.